The van der Waals surface area contributed by atoms with Gasteiger partial charge in [0.15, 0.2) is 0 Å². The van der Waals surface area contributed by atoms with Gasteiger partial charge in [-0.15, -0.1) is 0 Å². The van der Waals surface area contributed by atoms with Crippen LogP contribution in [0.2, 0.25) is 0 Å². The molecule has 0 bridgehead atoms. The Hall–Kier alpha value is 0. The average molecular weight is 832 g/mol. The second-order valence-corrected chi connectivity index (χ2v) is 16.9. The number of unbranched alkanes of at least 4 members (excludes halogenated alkanes) is 31. The van der Waals surface area contributed by atoms with Gasteiger partial charge in [-0.05, 0) is 0 Å². The minimum absolute atomic E-state index is 1.25. The monoisotopic (exact) mass is 831 g/mol. The highest BCUT2D eigenvalue weighted by atomic mass is 13.9. The molecule has 58 heavy (non-hydrogen) atoms. The predicted molar refractivity (Wildman–Crippen MR) is 287 cm³/mol. The summed E-state index contributed by atoms with van der Waals surface area (Å²) in [6.45, 7) is 39.9. The Morgan fingerprint density at radius 3 is 0.259 bits per heavy atom. The van der Waals surface area contributed by atoms with Crippen molar-refractivity contribution < 1.29 is 0 Å². The fourth-order valence-electron chi connectivity index (χ4n) is 5.12. The second kappa shape index (κ2) is 112. The summed E-state index contributed by atoms with van der Waals surface area (Å²) in [5.41, 5.74) is 0. The van der Waals surface area contributed by atoms with Crippen LogP contribution in [0.1, 0.15) is 381 Å². The normalized spacial score (nSPS) is 9.21. The van der Waals surface area contributed by atoms with Crippen LogP contribution in [0.4, 0.5) is 0 Å². The van der Waals surface area contributed by atoms with Crippen molar-refractivity contribution in [3.05, 3.63) is 0 Å². The predicted octanol–water partition coefficient (Wildman–Crippen LogP) is 24.8. The molecule has 0 fully saturated rings. The third kappa shape index (κ3) is 176. The number of rotatable bonds is 31. The molecule has 0 rings (SSSR count). The van der Waals surface area contributed by atoms with Crippen LogP contribution in [0.25, 0.3) is 0 Å². The summed E-state index contributed by atoms with van der Waals surface area (Å²) in [6.07, 6.45) is 56.1. The molecule has 0 aliphatic rings. The molecule has 0 heterocycles. The van der Waals surface area contributed by atoms with Crippen LogP contribution in [0, 0.1) is 0 Å². The zero-order valence-corrected chi connectivity index (χ0v) is 46.3. The van der Waals surface area contributed by atoms with E-state index >= 15 is 0 Å². The van der Waals surface area contributed by atoms with Gasteiger partial charge in [0.1, 0.15) is 0 Å². The van der Waals surface area contributed by atoms with Gasteiger partial charge in [-0.1, -0.05) is 381 Å². The summed E-state index contributed by atoms with van der Waals surface area (Å²) in [6, 6.07) is 0. The molecule has 0 saturated heterocycles. The Balaban J connectivity index is -0.0000000681. The van der Waals surface area contributed by atoms with E-state index in [-0.39, 0.29) is 0 Å². The summed E-state index contributed by atoms with van der Waals surface area (Å²) >= 11 is 0. The molecule has 0 unspecified atom stereocenters. The Labute approximate surface area is 380 Å². The van der Waals surface area contributed by atoms with E-state index in [2.05, 4.69) is 125 Å². The standard InChI is InChI=1S/C10H22.C9H20.2C8H18.C7H16.C6H14.C4H10.2C3H8/c1-3-5-7-9-10-8-6-4-2;1-3-5-7-9-8-6-4-2;2*1-3-5-7-8-6-4-2;1-3-5-7-6-4-2;1-3-5-6-4-2;1-3-4-2;2*1-3-2/h3-10H2,1-2H3;3-9H2,1-2H3;2*3-8H2,1-2H3;3-7H2,1-2H3;3-6H2,1-2H3;3-4H2,1-2H3;2*3H2,1-2H3. The van der Waals surface area contributed by atoms with Crippen LogP contribution in [0.15, 0.2) is 0 Å². The Kier molecular flexibility index (Phi) is 151. The quantitative estimate of drug-likeness (QED) is 0.0611. The molecule has 0 amide bonds. The molecule has 0 nitrogen and oxygen atoms in total. The molecular formula is C58H134. The first-order valence-corrected chi connectivity index (χ1v) is 28.2. The van der Waals surface area contributed by atoms with Crippen molar-refractivity contribution in [2.75, 3.05) is 0 Å². The smallest absolute Gasteiger partial charge is 0.0533 e. The SMILES string of the molecule is CCC.CCC.CCCC.CCCCCC.CCCCCCC.CCCCCCCC.CCCCCCCC.CCCCCCCCC.CCCCCCCCCC. The van der Waals surface area contributed by atoms with Crippen LogP contribution < -0.4 is 0 Å². The maximum atomic E-state index is 2.27. The molecule has 366 valence electrons. The third-order valence-corrected chi connectivity index (χ3v) is 9.24. The lowest BCUT2D eigenvalue weighted by Gasteiger charge is -1.97. The summed E-state index contributed by atoms with van der Waals surface area (Å²) in [5.74, 6) is 0. The highest BCUT2D eigenvalue weighted by Crippen LogP contribution is 2.08. The fraction of sp³-hybridized carbons (Fsp3) is 1.00. The molecular weight excluding hydrogens is 697 g/mol. The van der Waals surface area contributed by atoms with Gasteiger partial charge in [0, 0.05) is 0 Å². The van der Waals surface area contributed by atoms with E-state index in [1.807, 2.05) is 0 Å². The highest BCUT2D eigenvalue weighted by Gasteiger charge is 1.88. The number of hydrogen-bond donors (Lipinski definition) is 0. The molecule has 0 aliphatic carbocycles. The van der Waals surface area contributed by atoms with E-state index in [0.717, 1.165) is 0 Å². The van der Waals surface area contributed by atoms with Gasteiger partial charge < -0.3 is 0 Å². The molecule has 0 saturated carbocycles. The largest absolute Gasteiger partial charge is 0.0656 e. The van der Waals surface area contributed by atoms with E-state index in [4.69, 9.17) is 0 Å². The number of hydrogen-bond acceptors (Lipinski definition) is 0. The Bertz CT molecular complexity index is 376. The minimum atomic E-state index is 1.25. The second-order valence-electron chi connectivity index (χ2n) is 16.9. The lowest BCUT2D eigenvalue weighted by molar-refractivity contribution is 0.585. The van der Waals surface area contributed by atoms with Crippen LogP contribution in [-0.4, -0.2) is 0 Å². The van der Waals surface area contributed by atoms with Crippen LogP contribution >= 0.6 is 0 Å². The first-order chi connectivity index (χ1) is 28.2. The topological polar surface area (TPSA) is 0 Å². The van der Waals surface area contributed by atoms with Crippen LogP contribution in [0.5, 0.6) is 0 Å². The summed E-state index contributed by atoms with van der Waals surface area (Å²) in [7, 11) is 0. The third-order valence-electron chi connectivity index (χ3n) is 9.24. The Morgan fingerprint density at radius 1 is 0.103 bits per heavy atom. The minimum Gasteiger partial charge on any atom is -0.0656 e. The van der Waals surface area contributed by atoms with Gasteiger partial charge in [0.2, 0.25) is 0 Å². The summed E-state index contributed by atoms with van der Waals surface area (Å²) < 4.78 is 0. The van der Waals surface area contributed by atoms with E-state index in [9.17, 15) is 0 Å². The van der Waals surface area contributed by atoms with E-state index in [1.54, 1.807) is 0 Å². The highest BCUT2D eigenvalue weighted by molar-refractivity contribution is 4.44. The first-order valence-electron chi connectivity index (χ1n) is 28.2. The van der Waals surface area contributed by atoms with Crippen molar-refractivity contribution >= 4 is 0 Å². The van der Waals surface area contributed by atoms with Crippen molar-refractivity contribution in [3.8, 4) is 0 Å². The Morgan fingerprint density at radius 2 is 0.172 bits per heavy atom. The van der Waals surface area contributed by atoms with Crippen molar-refractivity contribution in [1.82, 2.24) is 0 Å². The van der Waals surface area contributed by atoms with Gasteiger partial charge in [-0.2, -0.15) is 0 Å². The fourth-order valence-corrected chi connectivity index (χ4v) is 5.12. The average Bonchev–Trinajstić information content (AvgIpc) is 3.24. The van der Waals surface area contributed by atoms with Crippen molar-refractivity contribution in [1.29, 1.82) is 0 Å². The van der Waals surface area contributed by atoms with Crippen LogP contribution in [-0.2, 0) is 0 Å². The van der Waals surface area contributed by atoms with Crippen molar-refractivity contribution in [3.63, 3.8) is 0 Å². The van der Waals surface area contributed by atoms with Gasteiger partial charge >= 0.3 is 0 Å². The van der Waals surface area contributed by atoms with Crippen molar-refractivity contribution in [2.24, 2.45) is 0 Å². The first kappa shape index (κ1) is 78.5. The lowest BCUT2D eigenvalue weighted by Crippen LogP contribution is -1.77. The molecule has 0 radical (unpaired) electrons. The van der Waals surface area contributed by atoms with Crippen molar-refractivity contribution in [2.45, 2.75) is 381 Å². The summed E-state index contributed by atoms with van der Waals surface area (Å²) in [5, 5.41) is 0. The molecule has 0 atom stereocenters. The summed E-state index contributed by atoms with van der Waals surface area (Å²) in [4.78, 5) is 0. The molecule has 0 aliphatic heterocycles. The lowest BCUT2D eigenvalue weighted by atomic mass is 10.1. The molecule has 0 aromatic heterocycles. The molecule has 0 spiro atoms. The molecule has 0 heteroatoms. The van der Waals surface area contributed by atoms with Crippen LogP contribution in [0.3, 0.4) is 0 Å². The molecule has 0 aromatic rings. The van der Waals surface area contributed by atoms with E-state index in [0.29, 0.717) is 0 Å². The van der Waals surface area contributed by atoms with Gasteiger partial charge in [-0.25, -0.2) is 0 Å². The zero-order chi connectivity index (χ0) is 46.3. The van der Waals surface area contributed by atoms with Gasteiger partial charge in [-0.3, -0.25) is 0 Å². The molecule has 0 N–H and O–H groups in total. The maximum Gasteiger partial charge on any atom is -0.0533 e. The van der Waals surface area contributed by atoms with Gasteiger partial charge in [0.05, 0.1) is 0 Å². The molecule has 0 aromatic carbocycles. The van der Waals surface area contributed by atoms with E-state index in [1.165, 1.54) is 257 Å². The van der Waals surface area contributed by atoms with E-state index < -0.39 is 0 Å². The maximum absolute atomic E-state index is 2.27. The zero-order valence-electron chi connectivity index (χ0n) is 46.3. The van der Waals surface area contributed by atoms with Gasteiger partial charge in [0.25, 0.3) is 0 Å².